The summed E-state index contributed by atoms with van der Waals surface area (Å²) in [6, 6.07) is 1.90. The highest BCUT2D eigenvalue weighted by molar-refractivity contribution is 7.10. The molecular formula is C14H20N2O2S. The fraction of sp³-hybridized carbons (Fsp3) is 0.500. The van der Waals surface area contributed by atoms with E-state index >= 15 is 0 Å². The monoisotopic (exact) mass is 280 g/mol. The summed E-state index contributed by atoms with van der Waals surface area (Å²) >= 11 is 1.44. The fourth-order valence-electron chi connectivity index (χ4n) is 1.65. The lowest BCUT2D eigenvalue weighted by Gasteiger charge is -2.26. The van der Waals surface area contributed by atoms with Crippen LogP contribution >= 0.6 is 11.3 Å². The first-order valence-electron chi connectivity index (χ1n) is 6.29. The Morgan fingerprint density at radius 3 is 2.89 bits per heavy atom. The van der Waals surface area contributed by atoms with E-state index in [0.29, 0.717) is 25.1 Å². The highest BCUT2D eigenvalue weighted by atomic mass is 32.1. The number of carbonyl (C=O) groups is 1. The third-order valence-electron chi connectivity index (χ3n) is 2.60. The first-order valence-corrected chi connectivity index (χ1v) is 7.17. The molecule has 104 valence electrons. The zero-order valence-corrected chi connectivity index (χ0v) is 12.2. The van der Waals surface area contributed by atoms with Crippen molar-refractivity contribution in [3.8, 4) is 11.8 Å². The second kappa shape index (κ2) is 7.95. The van der Waals surface area contributed by atoms with Crippen LogP contribution in [-0.2, 0) is 0 Å². The fourth-order valence-corrected chi connectivity index (χ4v) is 2.40. The predicted octanol–water partition coefficient (Wildman–Crippen LogP) is 1.29. The first-order chi connectivity index (χ1) is 9.10. The Hall–Kier alpha value is -1.35. The molecule has 0 radical (unpaired) electrons. The van der Waals surface area contributed by atoms with Gasteiger partial charge in [-0.05, 0) is 26.3 Å². The van der Waals surface area contributed by atoms with E-state index in [4.69, 9.17) is 10.8 Å². The Morgan fingerprint density at radius 2 is 2.32 bits per heavy atom. The van der Waals surface area contributed by atoms with Crippen molar-refractivity contribution in [1.82, 2.24) is 4.90 Å². The molecule has 1 heterocycles. The molecule has 0 aliphatic carbocycles. The summed E-state index contributed by atoms with van der Waals surface area (Å²) in [7, 11) is 0. The van der Waals surface area contributed by atoms with E-state index in [1.54, 1.807) is 11.0 Å². The van der Waals surface area contributed by atoms with E-state index in [1.165, 1.54) is 11.3 Å². The first kappa shape index (κ1) is 15.7. The van der Waals surface area contributed by atoms with Gasteiger partial charge >= 0.3 is 0 Å². The van der Waals surface area contributed by atoms with Crippen LogP contribution in [0.3, 0.4) is 0 Å². The molecule has 0 spiro atoms. The highest BCUT2D eigenvalue weighted by Crippen LogP contribution is 2.17. The van der Waals surface area contributed by atoms with Gasteiger partial charge in [-0.3, -0.25) is 4.79 Å². The number of carbonyl (C=O) groups excluding carboxylic acids is 1. The predicted molar refractivity (Wildman–Crippen MR) is 78.1 cm³/mol. The molecule has 1 rings (SSSR count). The third kappa shape index (κ3) is 4.67. The number of amides is 1. The molecule has 0 aliphatic rings. The second-order valence-electron chi connectivity index (χ2n) is 4.37. The highest BCUT2D eigenvalue weighted by Gasteiger charge is 2.19. The maximum atomic E-state index is 12.4. The van der Waals surface area contributed by atoms with Crippen LogP contribution in [0.4, 0.5) is 0 Å². The van der Waals surface area contributed by atoms with Crippen molar-refractivity contribution in [2.45, 2.75) is 26.3 Å². The molecule has 0 saturated carbocycles. The molecule has 0 aromatic carbocycles. The van der Waals surface area contributed by atoms with Gasteiger partial charge < -0.3 is 15.7 Å². The van der Waals surface area contributed by atoms with Crippen LogP contribution in [0.5, 0.6) is 0 Å². The second-order valence-corrected chi connectivity index (χ2v) is 5.29. The zero-order chi connectivity index (χ0) is 14.3. The summed E-state index contributed by atoms with van der Waals surface area (Å²) in [4.78, 5) is 15.0. The molecular weight excluding hydrogens is 260 g/mol. The average molecular weight is 280 g/mol. The lowest BCUT2D eigenvalue weighted by Crippen LogP contribution is -2.37. The van der Waals surface area contributed by atoms with Crippen molar-refractivity contribution in [2.24, 2.45) is 5.73 Å². The van der Waals surface area contributed by atoms with E-state index in [1.807, 2.05) is 19.2 Å². The smallest absolute Gasteiger partial charge is 0.254 e. The van der Waals surface area contributed by atoms with Gasteiger partial charge in [-0.1, -0.05) is 11.8 Å². The van der Waals surface area contributed by atoms with Crippen molar-refractivity contribution in [2.75, 3.05) is 19.7 Å². The summed E-state index contributed by atoms with van der Waals surface area (Å²) in [5, 5.41) is 10.7. The molecule has 19 heavy (non-hydrogen) atoms. The Bertz CT molecular complexity index is 471. The van der Waals surface area contributed by atoms with Gasteiger partial charge in [0.1, 0.15) is 0 Å². The van der Waals surface area contributed by atoms with Crippen LogP contribution in [0, 0.1) is 11.8 Å². The van der Waals surface area contributed by atoms with E-state index in [0.717, 1.165) is 4.88 Å². The molecule has 5 heteroatoms. The van der Waals surface area contributed by atoms with Gasteiger partial charge in [0.25, 0.3) is 5.91 Å². The van der Waals surface area contributed by atoms with Gasteiger partial charge in [0.15, 0.2) is 0 Å². The number of thiophene rings is 1. The number of aliphatic hydroxyl groups is 1. The van der Waals surface area contributed by atoms with Crippen LogP contribution in [0.2, 0.25) is 0 Å². The van der Waals surface area contributed by atoms with Gasteiger partial charge in [-0.2, -0.15) is 0 Å². The van der Waals surface area contributed by atoms with Gasteiger partial charge in [-0.25, -0.2) is 0 Å². The van der Waals surface area contributed by atoms with Crippen LogP contribution in [0.1, 0.15) is 35.5 Å². The number of aliphatic hydroxyl groups excluding tert-OH is 1. The van der Waals surface area contributed by atoms with Crippen LogP contribution < -0.4 is 5.73 Å². The molecule has 1 aromatic rings. The van der Waals surface area contributed by atoms with Crippen molar-refractivity contribution < 1.29 is 9.90 Å². The molecule has 0 bridgehead atoms. The van der Waals surface area contributed by atoms with E-state index in [-0.39, 0.29) is 18.6 Å². The Balaban J connectivity index is 2.81. The minimum atomic E-state index is -0.0134. The maximum Gasteiger partial charge on any atom is 0.254 e. The molecule has 1 aromatic heterocycles. The lowest BCUT2D eigenvalue weighted by atomic mass is 10.2. The topological polar surface area (TPSA) is 66.6 Å². The summed E-state index contributed by atoms with van der Waals surface area (Å²) in [6.45, 7) is 4.91. The Morgan fingerprint density at radius 1 is 1.58 bits per heavy atom. The van der Waals surface area contributed by atoms with Crippen molar-refractivity contribution >= 4 is 17.2 Å². The number of hydrogen-bond acceptors (Lipinski definition) is 4. The molecule has 0 atom stereocenters. The zero-order valence-electron chi connectivity index (χ0n) is 11.3. The van der Waals surface area contributed by atoms with Gasteiger partial charge in [-0.15, -0.1) is 11.3 Å². The maximum absolute atomic E-state index is 12.4. The van der Waals surface area contributed by atoms with Crippen LogP contribution in [0.15, 0.2) is 11.4 Å². The number of rotatable bonds is 5. The van der Waals surface area contributed by atoms with Crippen molar-refractivity contribution in [3.05, 3.63) is 21.9 Å². The van der Waals surface area contributed by atoms with Crippen LogP contribution in [-0.4, -0.2) is 41.7 Å². The van der Waals surface area contributed by atoms with E-state index in [9.17, 15) is 4.79 Å². The van der Waals surface area contributed by atoms with E-state index < -0.39 is 0 Å². The minimum absolute atomic E-state index is 0.0134. The van der Waals surface area contributed by atoms with Crippen LogP contribution in [0.25, 0.3) is 0 Å². The largest absolute Gasteiger partial charge is 0.396 e. The summed E-state index contributed by atoms with van der Waals surface area (Å²) in [6.07, 6.45) is 0.591. The van der Waals surface area contributed by atoms with E-state index in [2.05, 4.69) is 11.8 Å². The van der Waals surface area contributed by atoms with Gasteiger partial charge in [0.05, 0.1) is 17.0 Å². The average Bonchev–Trinajstić information content (AvgIpc) is 2.85. The summed E-state index contributed by atoms with van der Waals surface area (Å²) < 4.78 is 0. The van der Waals surface area contributed by atoms with Gasteiger partial charge in [0, 0.05) is 24.6 Å². The Kier molecular flexibility index (Phi) is 6.57. The molecule has 3 N–H and O–H groups in total. The molecule has 4 nitrogen and oxygen atoms in total. The molecule has 0 aliphatic heterocycles. The quantitative estimate of drug-likeness (QED) is 0.799. The van der Waals surface area contributed by atoms with Gasteiger partial charge in [0.2, 0.25) is 0 Å². The number of nitrogens with two attached hydrogens (primary N) is 1. The lowest BCUT2D eigenvalue weighted by molar-refractivity contribution is 0.0693. The Labute approximate surface area is 118 Å². The van der Waals surface area contributed by atoms with Crippen molar-refractivity contribution in [3.63, 3.8) is 0 Å². The summed E-state index contributed by atoms with van der Waals surface area (Å²) in [5.41, 5.74) is 5.97. The molecule has 1 amide bonds. The normalized spacial score (nSPS) is 10.2. The number of hydrogen-bond donors (Lipinski definition) is 2. The minimum Gasteiger partial charge on any atom is -0.396 e. The SMILES string of the molecule is CC(C)N(CCCO)C(=O)c1csc(C#CCN)c1. The van der Waals surface area contributed by atoms with Crippen molar-refractivity contribution in [1.29, 1.82) is 0 Å². The molecule has 0 unspecified atom stereocenters. The third-order valence-corrected chi connectivity index (χ3v) is 3.45. The standard InChI is InChI=1S/C14H20N2O2S/c1-11(2)16(7-4-8-17)14(18)12-9-13(19-10-12)5-3-6-15/h9-11,17H,4,6-8,15H2,1-2H3. The number of nitrogens with zero attached hydrogens (tertiary/aromatic N) is 1. The summed E-state index contributed by atoms with van der Waals surface area (Å²) in [5.74, 6) is 5.68. The molecule has 0 saturated heterocycles. The molecule has 0 fully saturated rings.